The molecule has 0 aliphatic heterocycles. The Hall–Kier alpha value is -3.62. The first-order chi connectivity index (χ1) is 17.1. The number of aliphatic hydroxyl groups is 1. The number of aromatic nitrogens is 4. The molecule has 2 amide bonds. The zero-order valence-electron chi connectivity index (χ0n) is 19.7. The summed E-state index contributed by atoms with van der Waals surface area (Å²) in [7, 11) is 0. The molecule has 4 aromatic rings. The van der Waals surface area contributed by atoms with Crippen molar-refractivity contribution in [2.45, 2.75) is 33.0 Å². The fraction of sp³-hybridized carbons (Fsp3) is 0.217. The smallest absolute Gasteiger partial charge is 0.286 e. The monoisotopic (exact) mass is 524 g/mol. The number of rotatable bonds is 7. The highest BCUT2D eigenvalue weighted by molar-refractivity contribution is 7.13. The fourth-order valence-electron chi connectivity index (χ4n) is 3.42. The number of carbonyl (C=O) groups excluding carboxylic acids is 2. The molecule has 1 atom stereocenters. The van der Waals surface area contributed by atoms with Gasteiger partial charge in [0.1, 0.15) is 5.01 Å². The molecular formula is C23H24N8O3S2. The lowest BCUT2D eigenvalue weighted by atomic mass is 9.94. The van der Waals surface area contributed by atoms with Gasteiger partial charge in [-0.15, -0.1) is 20.4 Å². The van der Waals surface area contributed by atoms with Crippen LogP contribution in [0.3, 0.4) is 0 Å². The predicted molar refractivity (Wildman–Crippen MR) is 139 cm³/mol. The molecule has 11 nitrogen and oxygen atoms in total. The summed E-state index contributed by atoms with van der Waals surface area (Å²) in [6.45, 7) is 5.39. The molecule has 0 saturated heterocycles. The summed E-state index contributed by atoms with van der Waals surface area (Å²) in [6, 6.07) is 11.1. The third-order valence-electron chi connectivity index (χ3n) is 5.34. The van der Waals surface area contributed by atoms with E-state index in [0.717, 1.165) is 44.9 Å². The van der Waals surface area contributed by atoms with E-state index in [0.29, 0.717) is 16.4 Å². The van der Waals surface area contributed by atoms with Gasteiger partial charge in [-0.2, -0.15) is 0 Å². The van der Waals surface area contributed by atoms with Gasteiger partial charge >= 0.3 is 0 Å². The highest BCUT2D eigenvalue weighted by Gasteiger charge is 2.25. The molecule has 0 radical (unpaired) electrons. The lowest BCUT2D eigenvalue weighted by Crippen LogP contribution is -2.32. The second-order valence-electron chi connectivity index (χ2n) is 8.13. The van der Waals surface area contributed by atoms with Gasteiger partial charge in [0, 0.05) is 17.9 Å². The van der Waals surface area contributed by atoms with Crippen LogP contribution in [0.15, 0.2) is 36.4 Å². The van der Waals surface area contributed by atoms with Crippen LogP contribution in [0.2, 0.25) is 0 Å². The zero-order chi connectivity index (χ0) is 26.0. The molecule has 2 aromatic heterocycles. The largest absolute Gasteiger partial charge is 0.370 e. The SMILES string of the molecule is Cc1c(NC(=O)c2nnc(CN)s2)cccc1-c1cccc(NC(=O)c2nnc([C@@](C)(N)O)s2)c1C. The number of nitrogens with one attached hydrogen (secondary N) is 2. The highest BCUT2D eigenvalue weighted by Crippen LogP contribution is 2.34. The van der Waals surface area contributed by atoms with Crippen molar-refractivity contribution in [1.29, 1.82) is 0 Å². The number of anilines is 2. The Morgan fingerprint density at radius 1 is 0.889 bits per heavy atom. The van der Waals surface area contributed by atoms with Crippen molar-refractivity contribution >= 4 is 45.9 Å². The number of hydrogen-bond donors (Lipinski definition) is 5. The van der Waals surface area contributed by atoms with E-state index in [4.69, 9.17) is 11.5 Å². The van der Waals surface area contributed by atoms with Gasteiger partial charge in [0.15, 0.2) is 10.7 Å². The quantitative estimate of drug-likeness (QED) is 0.227. The molecule has 4 rings (SSSR count). The van der Waals surface area contributed by atoms with Crippen LogP contribution in [0, 0.1) is 13.8 Å². The van der Waals surface area contributed by atoms with Crippen LogP contribution in [0.4, 0.5) is 11.4 Å². The molecule has 0 bridgehead atoms. The first-order valence-corrected chi connectivity index (χ1v) is 12.4. The van der Waals surface area contributed by atoms with Crippen molar-refractivity contribution in [3.8, 4) is 11.1 Å². The topological polar surface area (TPSA) is 182 Å². The minimum atomic E-state index is -1.67. The number of amides is 2. The summed E-state index contributed by atoms with van der Waals surface area (Å²) >= 11 is 2.07. The molecule has 0 aliphatic rings. The number of carbonyl (C=O) groups is 2. The third-order valence-corrected chi connectivity index (χ3v) is 7.44. The molecule has 0 spiro atoms. The van der Waals surface area contributed by atoms with Crippen molar-refractivity contribution in [3.63, 3.8) is 0 Å². The van der Waals surface area contributed by atoms with Crippen molar-refractivity contribution in [3.05, 3.63) is 67.6 Å². The summed E-state index contributed by atoms with van der Waals surface area (Å²) in [5.74, 6) is -0.826. The van der Waals surface area contributed by atoms with Crippen LogP contribution in [0.25, 0.3) is 11.1 Å². The van der Waals surface area contributed by atoms with Gasteiger partial charge in [-0.25, -0.2) is 0 Å². The Morgan fingerprint density at radius 2 is 1.39 bits per heavy atom. The summed E-state index contributed by atoms with van der Waals surface area (Å²) < 4.78 is 0. The summed E-state index contributed by atoms with van der Waals surface area (Å²) in [4.78, 5) is 25.4. The van der Waals surface area contributed by atoms with Crippen molar-refractivity contribution in [1.82, 2.24) is 20.4 Å². The van der Waals surface area contributed by atoms with Gasteiger partial charge in [-0.05, 0) is 55.2 Å². The van der Waals surface area contributed by atoms with Gasteiger partial charge in [0.25, 0.3) is 11.8 Å². The summed E-state index contributed by atoms with van der Waals surface area (Å²) in [6.07, 6.45) is 0. The molecule has 36 heavy (non-hydrogen) atoms. The predicted octanol–water partition coefficient (Wildman–Crippen LogP) is 2.76. The normalized spacial score (nSPS) is 12.7. The Morgan fingerprint density at radius 3 is 1.83 bits per heavy atom. The van der Waals surface area contributed by atoms with Crippen LogP contribution in [0.5, 0.6) is 0 Å². The van der Waals surface area contributed by atoms with Crippen LogP contribution < -0.4 is 22.1 Å². The van der Waals surface area contributed by atoms with Crippen molar-refractivity contribution < 1.29 is 14.7 Å². The number of nitrogens with zero attached hydrogens (tertiary/aromatic N) is 4. The van der Waals surface area contributed by atoms with Gasteiger partial charge in [-0.1, -0.05) is 46.9 Å². The summed E-state index contributed by atoms with van der Waals surface area (Å²) in [5.41, 5.74) is 14.2. The molecule has 186 valence electrons. The van der Waals surface area contributed by atoms with Gasteiger partial charge in [0.2, 0.25) is 10.0 Å². The molecular weight excluding hydrogens is 500 g/mol. The summed E-state index contributed by atoms with van der Waals surface area (Å²) in [5, 5.41) is 32.1. The Labute approximate surface area is 214 Å². The molecule has 2 heterocycles. The van der Waals surface area contributed by atoms with Gasteiger partial charge < -0.3 is 21.5 Å². The lowest BCUT2D eigenvalue weighted by molar-refractivity contribution is 0.0637. The van der Waals surface area contributed by atoms with Crippen LogP contribution in [0.1, 0.15) is 47.7 Å². The third kappa shape index (κ3) is 5.29. The van der Waals surface area contributed by atoms with E-state index in [2.05, 4.69) is 31.0 Å². The zero-order valence-corrected chi connectivity index (χ0v) is 21.3. The minimum absolute atomic E-state index is 0.0795. The standard InChI is InChI=1S/C23H24N8O3S2/c1-11-13(6-4-8-15(11)26-18(32)20-29-28-17(10-24)35-20)14-7-5-9-16(12(14)2)27-19(33)21-30-31-22(36-21)23(3,25)34/h4-9,34H,10,24-25H2,1-3H3,(H,26,32)(H,27,33)/t23-/m0/s1. The maximum Gasteiger partial charge on any atom is 0.286 e. The van der Waals surface area contributed by atoms with E-state index in [1.54, 1.807) is 6.07 Å². The fourth-order valence-corrected chi connectivity index (χ4v) is 4.73. The van der Waals surface area contributed by atoms with Crippen molar-refractivity contribution in [2.24, 2.45) is 11.5 Å². The Kier molecular flexibility index (Phi) is 7.19. The first kappa shape index (κ1) is 25.5. The maximum absolute atomic E-state index is 12.8. The van der Waals surface area contributed by atoms with E-state index in [1.807, 2.05) is 44.2 Å². The van der Waals surface area contributed by atoms with Crippen LogP contribution in [-0.4, -0.2) is 37.3 Å². The number of hydrogen-bond acceptors (Lipinski definition) is 11. The van der Waals surface area contributed by atoms with Crippen LogP contribution in [-0.2, 0) is 12.3 Å². The second-order valence-corrected chi connectivity index (χ2v) is 10.2. The number of benzene rings is 2. The lowest BCUT2D eigenvalue weighted by Gasteiger charge is -2.16. The van der Waals surface area contributed by atoms with Gasteiger partial charge in [-0.3, -0.25) is 15.3 Å². The minimum Gasteiger partial charge on any atom is -0.370 e. The molecule has 0 unspecified atom stereocenters. The van der Waals surface area contributed by atoms with Crippen molar-refractivity contribution in [2.75, 3.05) is 10.6 Å². The van der Waals surface area contributed by atoms with E-state index in [1.165, 1.54) is 6.92 Å². The van der Waals surface area contributed by atoms with Crippen LogP contribution >= 0.6 is 22.7 Å². The molecule has 2 aromatic carbocycles. The van der Waals surface area contributed by atoms with E-state index < -0.39 is 11.6 Å². The second kappa shape index (κ2) is 10.2. The average Bonchev–Trinajstić information content (AvgIpc) is 3.52. The van der Waals surface area contributed by atoms with E-state index in [-0.39, 0.29) is 27.5 Å². The Bertz CT molecular complexity index is 1440. The molecule has 0 fully saturated rings. The number of nitrogens with two attached hydrogens (primary N) is 2. The molecule has 0 aliphatic carbocycles. The first-order valence-electron chi connectivity index (χ1n) is 10.8. The van der Waals surface area contributed by atoms with E-state index in [9.17, 15) is 14.7 Å². The average molecular weight is 525 g/mol. The molecule has 0 saturated carbocycles. The highest BCUT2D eigenvalue weighted by atomic mass is 32.1. The van der Waals surface area contributed by atoms with E-state index >= 15 is 0 Å². The molecule has 13 heteroatoms. The Balaban J connectivity index is 1.58. The van der Waals surface area contributed by atoms with Gasteiger partial charge in [0.05, 0.1) is 0 Å². The molecule has 7 N–H and O–H groups in total. The maximum atomic E-state index is 12.8.